The van der Waals surface area contributed by atoms with E-state index >= 15 is 0 Å². The summed E-state index contributed by atoms with van der Waals surface area (Å²) in [5, 5.41) is 0. The van der Waals surface area contributed by atoms with Gasteiger partial charge >= 0.3 is 6.18 Å². The summed E-state index contributed by atoms with van der Waals surface area (Å²) in [6, 6.07) is 12.5. The van der Waals surface area contributed by atoms with Gasteiger partial charge in [-0.15, -0.1) is 11.6 Å². The Morgan fingerprint density at radius 3 is 1.95 bits per heavy atom. The van der Waals surface area contributed by atoms with E-state index in [1.165, 1.54) is 23.9 Å². The highest BCUT2D eigenvalue weighted by atomic mass is 35.5. The largest absolute Gasteiger partial charge is 0.494 e. The normalized spacial score (nSPS) is 11.5. The summed E-state index contributed by atoms with van der Waals surface area (Å²) in [6.07, 6.45) is -3.52. The molecule has 0 aliphatic rings. The van der Waals surface area contributed by atoms with Crippen LogP contribution in [0.15, 0.2) is 58.3 Å². The highest BCUT2D eigenvalue weighted by Crippen LogP contribution is 2.33. The summed E-state index contributed by atoms with van der Waals surface area (Å²) in [4.78, 5) is 1.69. The van der Waals surface area contributed by atoms with Crippen LogP contribution in [0.2, 0.25) is 0 Å². The maximum absolute atomic E-state index is 12.5. The Morgan fingerprint density at radius 1 is 0.909 bits per heavy atom. The molecule has 6 heteroatoms. The molecule has 0 saturated heterocycles. The molecule has 0 N–H and O–H groups in total. The van der Waals surface area contributed by atoms with E-state index in [1.54, 1.807) is 0 Å². The Hall–Kier alpha value is -1.33. The minimum absolute atomic E-state index is 0.557. The van der Waals surface area contributed by atoms with Gasteiger partial charge in [0.25, 0.3) is 0 Å². The highest BCUT2D eigenvalue weighted by molar-refractivity contribution is 7.99. The van der Waals surface area contributed by atoms with Crippen LogP contribution in [0.5, 0.6) is 5.75 Å². The van der Waals surface area contributed by atoms with Crippen LogP contribution < -0.4 is 4.74 Å². The zero-order chi connectivity index (χ0) is 16.0. The van der Waals surface area contributed by atoms with Gasteiger partial charge in [0.1, 0.15) is 5.75 Å². The maximum Gasteiger partial charge on any atom is 0.416 e. The molecule has 0 aliphatic carbocycles. The molecular formula is C16H14ClF3OS. The first-order chi connectivity index (χ1) is 10.5. The first-order valence-electron chi connectivity index (χ1n) is 6.63. The van der Waals surface area contributed by atoms with Crippen molar-refractivity contribution >= 4 is 23.4 Å². The van der Waals surface area contributed by atoms with Crippen molar-refractivity contribution in [1.29, 1.82) is 0 Å². The molecule has 0 saturated carbocycles. The average molecular weight is 347 g/mol. The van der Waals surface area contributed by atoms with Gasteiger partial charge in [-0.25, -0.2) is 0 Å². The van der Waals surface area contributed by atoms with Crippen molar-refractivity contribution in [2.45, 2.75) is 22.4 Å². The first kappa shape index (κ1) is 17.0. The van der Waals surface area contributed by atoms with E-state index in [-0.39, 0.29) is 0 Å². The fraction of sp³-hybridized carbons (Fsp3) is 0.250. The predicted octanol–water partition coefficient (Wildman–Crippen LogP) is 5.86. The summed E-state index contributed by atoms with van der Waals surface area (Å²) < 4.78 is 43.0. The number of alkyl halides is 4. The van der Waals surface area contributed by atoms with E-state index in [0.29, 0.717) is 12.5 Å². The number of hydrogen-bond acceptors (Lipinski definition) is 2. The molecule has 22 heavy (non-hydrogen) atoms. The number of halogens is 4. The van der Waals surface area contributed by atoms with E-state index in [0.717, 1.165) is 34.1 Å². The Labute approximate surface area is 136 Å². The second-order valence-electron chi connectivity index (χ2n) is 4.49. The quantitative estimate of drug-likeness (QED) is 0.478. The lowest BCUT2D eigenvalue weighted by Crippen LogP contribution is -2.03. The Balaban J connectivity index is 1.96. The minimum Gasteiger partial charge on any atom is -0.494 e. The molecule has 118 valence electrons. The molecule has 2 rings (SSSR count). The fourth-order valence-electron chi connectivity index (χ4n) is 1.70. The van der Waals surface area contributed by atoms with E-state index < -0.39 is 11.7 Å². The Bertz CT molecular complexity index is 582. The molecule has 0 fully saturated rings. The van der Waals surface area contributed by atoms with E-state index in [2.05, 4.69) is 0 Å². The molecule has 0 unspecified atom stereocenters. The van der Waals surface area contributed by atoms with Crippen LogP contribution in [0.1, 0.15) is 12.0 Å². The molecule has 0 amide bonds. The van der Waals surface area contributed by atoms with Crippen LogP contribution in [0.25, 0.3) is 0 Å². The third kappa shape index (κ3) is 5.14. The zero-order valence-corrected chi connectivity index (χ0v) is 13.1. The number of ether oxygens (including phenoxy) is 1. The smallest absolute Gasteiger partial charge is 0.416 e. The topological polar surface area (TPSA) is 9.23 Å². The highest BCUT2D eigenvalue weighted by Gasteiger charge is 2.29. The minimum atomic E-state index is -4.30. The number of benzene rings is 2. The number of rotatable bonds is 6. The van der Waals surface area contributed by atoms with Crippen molar-refractivity contribution in [3.8, 4) is 5.75 Å². The summed E-state index contributed by atoms with van der Waals surface area (Å²) >= 11 is 6.97. The van der Waals surface area contributed by atoms with Crippen LogP contribution >= 0.6 is 23.4 Å². The molecule has 1 nitrogen and oxygen atoms in total. The Kier molecular flexibility index (Phi) is 6.03. The second kappa shape index (κ2) is 7.79. The molecule has 0 radical (unpaired) electrons. The molecule has 2 aromatic carbocycles. The van der Waals surface area contributed by atoms with Crippen LogP contribution in [0, 0.1) is 0 Å². The van der Waals surface area contributed by atoms with Gasteiger partial charge in [-0.05, 0) is 55.0 Å². The average Bonchev–Trinajstić information content (AvgIpc) is 2.49. The van der Waals surface area contributed by atoms with Crippen molar-refractivity contribution in [3.63, 3.8) is 0 Å². The van der Waals surface area contributed by atoms with Crippen LogP contribution in [-0.2, 0) is 6.18 Å². The van der Waals surface area contributed by atoms with Gasteiger partial charge in [0.05, 0.1) is 12.2 Å². The predicted molar refractivity (Wildman–Crippen MR) is 82.8 cm³/mol. The van der Waals surface area contributed by atoms with Crippen molar-refractivity contribution in [2.24, 2.45) is 0 Å². The van der Waals surface area contributed by atoms with Gasteiger partial charge in [0.2, 0.25) is 0 Å². The lowest BCUT2D eigenvalue weighted by atomic mass is 10.2. The van der Waals surface area contributed by atoms with Gasteiger partial charge in [0.15, 0.2) is 0 Å². The monoisotopic (exact) mass is 346 g/mol. The molecular weight excluding hydrogens is 333 g/mol. The molecule has 0 spiro atoms. The molecule has 0 atom stereocenters. The van der Waals surface area contributed by atoms with Gasteiger partial charge in [0, 0.05) is 15.7 Å². The molecule has 0 aromatic heterocycles. The zero-order valence-electron chi connectivity index (χ0n) is 11.6. The number of hydrogen-bond donors (Lipinski definition) is 0. The molecule has 0 bridgehead atoms. The molecule has 2 aromatic rings. The Morgan fingerprint density at radius 2 is 1.45 bits per heavy atom. The summed E-state index contributed by atoms with van der Waals surface area (Å²) in [5.41, 5.74) is -0.639. The maximum atomic E-state index is 12.5. The molecule has 0 heterocycles. The van der Waals surface area contributed by atoms with Gasteiger partial charge in [-0.3, -0.25) is 0 Å². The van der Waals surface area contributed by atoms with E-state index in [1.807, 2.05) is 24.3 Å². The van der Waals surface area contributed by atoms with Gasteiger partial charge in [-0.1, -0.05) is 11.8 Å². The van der Waals surface area contributed by atoms with Crippen molar-refractivity contribution in [1.82, 2.24) is 0 Å². The van der Waals surface area contributed by atoms with Gasteiger partial charge in [-0.2, -0.15) is 13.2 Å². The van der Waals surface area contributed by atoms with Gasteiger partial charge < -0.3 is 4.74 Å². The lowest BCUT2D eigenvalue weighted by Gasteiger charge is -2.08. The van der Waals surface area contributed by atoms with Crippen molar-refractivity contribution in [3.05, 3.63) is 54.1 Å². The van der Waals surface area contributed by atoms with Crippen molar-refractivity contribution in [2.75, 3.05) is 12.5 Å². The lowest BCUT2D eigenvalue weighted by molar-refractivity contribution is -0.137. The first-order valence-corrected chi connectivity index (χ1v) is 7.98. The molecule has 0 aliphatic heterocycles. The standard InChI is InChI=1S/C16H14ClF3OS/c17-10-1-11-21-13-4-8-15(9-5-13)22-14-6-2-12(3-7-14)16(18,19)20/h2-9H,1,10-11H2. The fourth-order valence-corrected chi connectivity index (χ4v) is 2.62. The van der Waals surface area contributed by atoms with E-state index in [9.17, 15) is 13.2 Å². The third-order valence-corrected chi connectivity index (χ3v) is 4.07. The van der Waals surface area contributed by atoms with E-state index in [4.69, 9.17) is 16.3 Å². The van der Waals surface area contributed by atoms with Crippen LogP contribution in [0.4, 0.5) is 13.2 Å². The second-order valence-corrected chi connectivity index (χ2v) is 6.01. The van der Waals surface area contributed by atoms with Crippen LogP contribution in [0.3, 0.4) is 0 Å². The summed E-state index contributed by atoms with van der Waals surface area (Å²) in [7, 11) is 0. The summed E-state index contributed by atoms with van der Waals surface area (Å²) in [6.45, 7) is 0.564. The third-order valence-electron chi connectivity index (χ3n) is 2.79. The summed E-state index contributed by atoms with van der Waals surface area (Å²) in [5.74, 6) is 1.31. The van der Waals surface area contributed by atoms with Crippen molar-refractivity contribution < 1.29 is 17.9 Å². The van der Waals surface area contributed by atoms with Crippen LogP contribution in [-0.4, -0.2) is 12.5 Å². The SMILES string of the molecule is FC(F)(F)c1ccc(Sc2ccc(OCCCCl)cc2)cc1.